The SMILES string of the molecule is O=C(c1cccc(NC2CCCCC2)c1)N1CCCC(O)C1. The van der Waals surface area contributed by atoms with Crippen molar-refractivity contribution in [1.29, 1.82) is 0 Å². The first-order valence-electron chi connectivity index (χ1n) is 8.56. The molecule has 1 unspecified atom stereocenters. The van der Waals surface area contributed by atoms with Crippen LogP contribution in [0.25, 0.3) is 0 Å². The van der Waals surface area contributed by atoms with Gasteiger partial charge in [-0.1, -0.05) is 25.3 Å². The van der Waals surface area contributed by atoms with Gasteiger partial charge in [0.05, 0.1) is 6.10 Å². The van der Waals surface area contributed by atoms with Crippen LogP contribution in [0, 0.1) is 0 Å². The lowest BCUT2D eigenvalue weighted by molar-refractivity contribution is 0.0474. The van der Waals surface area contributed by atoms with E-state index in [1.165, 1.54) is 32.1 Å². The Kier molecular flexibility index (Phi) is 4.98. The van der Waals surface area contributed by atoms with Gasteiger partial charge in [0.2, 0.25) is 0 Å². The smallest absolute Gasteiger partial charge is 0.254 e. The number of aliphatic hydroxyl groups excluding tert-OH is 1. The highest BCUT2D eigenvalue weighted by atomic mass is 16.3. The summed E-state index contributed by atoms with van der Waals surface area (Å²) in [6, 6.07) is 8.35. The number of nitrogens with one attached hydrogen (secondary N) is 1. The van der Waals surface area contributed by atoms with Gasteiger partial charge in [0.25, 0.3) is 5.91 Å². The summed E-state index contributed by atoms with van der Waals surface area (Å²) in [5, 5.41) is 13.3. The second-order valence-corrected chi connectivity index (χ2v) is 6.61. The highest BCUT2D eigenvalue weighted by molar-refractivity contribution is 5.95. The first kappa shape index (κ1) is 15.3. The Labute approximate surface area is 132 Å². The topological polar surface area (TPSA) is 52.6 Å². The Bertz CT molecular complexity index is 512. The molecular formula is C18H26N2O2. The number of hydrogen-bond acceptors (Lipinski definition) is 3. The number of hydrogen-bond donors (Lipinski definition) is 2. The summed E-state index contributed by atoms with van der Waals surface area (Å²) in [5.74, 6) is 0.0334. The lowest BCUT2D eigenvalue weighted by Gasteiger charge is -2.30. The van der Waals surface area contributed by atoms with E-state index in [0.29, 0.717) is 12.6 Å². The molecule has 2 aliphatic rings. The lowest BCUT2D eigenvalue weighted by atomic mass is 9.95. The molecule has 3 rings (SSSR count). The summed E-state index contributed by atoms with van der Waals surface area (Å²) < 4.78 is 0. The number of nitrogens with zero attached hydrogens (tertiary/aromatic N) is 1. The number of likely N-dealkylation sites (tertiary alicyclic amines) is 1. The van der Waals surface area contributed by atoms with Crippen molar-refractivity contribution in [3.05, 3.63) is 29.8 Å². The second kappa shape index (κ2) is 7.14. The number of β-amino-alcohol motifs (C(OH)–C–C–N with tert-alkyl or cyclic N) is 1. The van der Waals surface area contributed by atoms with Crippen LogP contribution < -0.4 is 5.32 Å². The Morgan fingerprint density at radius 2 is 1.95 bits per heavy atom. The zero-order valence-corrected chi connectivity index (χ0v) is 13.1. The third kappa shape index (κ3) is 3.80. The molecule has 1 atom stereocenters. The minimum atomic E-state index is -0.374. The number of aliphatic hydroxyl groups is 1. The van der Waals surface area contributed by atoms with Gasteiger partial charge in [-0.25, -0.2) is 0 Å². The first-order chi connectivity index (χ1) is 10.7. The Balaban J connectivity index is 1.66. The van der Waals surface area contributed by atoms with Gasteiger partial charge in [-0.2, -0.15) is 0 Å². The van der Waals surface area contributed by atoms with Crippen molar-refractivity contribution in [2.24, 2.45) is 0 Å². The van der Waals surface area contributed by atoms with Crippen molar-refractivity contribution in [3.63, 3.8) is 0 Å². The standard InChI is InChI=1S/C18H26N2O2/c21-17-10-5-11-20(13-17)18(22)14-6-4-9-16(12-14)19-15-7-2-1-3-8-15/h4,6,9,12,15,17,19,21H,1-3,5,7-8,10-11,13H2. The van der Waals surface area contributed by atoms with Crippen LogP contribution in [0.4, 0.5) is 5.69 Å². The molecule has 0 spiro atoms. The summed E-state index contributed by atoms with van der Waals surface area (Å²) in [5.41, 5.74) is 1.75. The van der Waals surface area contributed by atoms with Crippen molar-refractivity contribution in [2.45, 2.75) is 57.1 Å². The molecule has 1 aromatic carbocycles. The molecule has 1 aliphatic heterocycles. The maximum Gasteiger partial charge on any atom is 0.254 e. The molecule has 1 amide bonds. The van der Waals surface area contributed by atoms with Crippen molar-refractivity contribution in [2.75, 3.05) is 18.4 Å². The molecule has 1 saturated heterocycles. The van der Waals surface area contributed by atoms with E-state index in [-0.39, 0.29) is 12.0 Å². The fourth-order valence-corrected chi connectivity index (χ4v) is 3.55. The highest BCUT2D eigenvalue weighted by Gasteiger charge is 2.23. The third-order valence-corrected chi connectivity index (χ3v) is 4.77. The zero-order chi connectivity index (χ0) is 15.4. The number of rotatable bonds is 3. The van der Waals surface area contributed by atoms with Crippen LogP contribution >= 0.6 is 0 Å². The van der Waals surface area contributed by atoms with Crippen LogP contribution in [0.3, 0.4) is 0 Å². The van der Waals surface area contributed by atoms with Crippen LogP contribution in [0.5, 0.6) is 0 Å². The van der Waals surface area contributed by atoms with E-state index in [1.807, 2.05) is 24.3 Å². The fraction of sp³-hybridized carbons (Fsp3) is 0.611. The van der Waals surface area contributed by atoms with Crippen LogP contribution in [-0.4, -0.2) is 41.1 Å². The van der Waals surface area contributed by atoms with E-state index in [2.05, 4.69) is 5.32 Å². The fourth-order valence-electron chi connectivity index (χ4n) is 3.55. The van der Waals surface area contributed by atoms with E-state index < -0.39 is 0 Å². The maximum absolute atomic E-state index is 12.6. The summed E-state index contributed by atoms with van der Waals surface area (Å²) in [7, 11) is 0. The molecule has 0 aromatic heterocycles. The van der Waals surface area contributed by atoms with Crippen LogP contribution in [0.15, 0.2) is 24.3 Å². The number of carbonyl (C=O) groups is 1. The Morgan fingerprint density at radius 1 is 1.14 bits per heavy atom. The minimum absolute atomic E-state index is 0.0334. The second-order valence-electron chi connectivity index (χ2n) is 6.61. The molecule has 1 aliphatic carbocycles. The minimum Gasteiger partial charge on any atom is -0.391 e. The van der Waals surface area contributed by atoms with Crippen LogP contribution in [0.1, 0.15) is 55.3 Å². The predicted octanol–water partition coefficient (Wildman–Crippen LogP) is 3.03. The van der Waals surface area contributed by atoms with Gasteiger partial charge < -0.3 is 15.3 Å². The Morgan fingerprint density at radius 3 is 2.73 bits per heavy atom. The van der Waals surface area contributed by atoms with E-state index in [1.54, 1.807) is 4.90 Å². The van der Waals surface area contributed by atoms with Gasteiger partial charge in [-0.15, -0.1) is 0 Å². The molecular weight excluding hydrogens is 276 g/mol. The van der Waals surface area contributed by atoms with E-state index >= 15 is 0 Å². The van der Waals surface area contributed by atoms with Crippen molar-refractivity contribution >= 4 is 11.6 Å². The number of amides is 1. The molecule has 4 nitrogen and oxygen atoms in total. The first-order valence-corrected chi connectivity index (χ1v) is 8.56. The van der Waals surface area contributed by atoms with Gasteiger partial charge in [0.15, 0.2) is 0 Å². The molecule has 0 radical (unpaired) electrons. The molecule has 1 saturated carbocycles. The molecule has 1 aromatic rings. The average Bonchev–Trinajstić information content (AvgIpc) is 2.55. The van der Waals surface area contributed by atoms with Gasteiger partial charge in [-0.3, -0.25) is 4.79 Å². The summed E-state index contributed by atoms with van der Waals surface area (Å²) in [4.78, 5) is 14.3. The van der Waals surface area contributed by atoms with Gasteiger partial charge in [0, 0.05) is 30.4 Å². The summed E-state index contributed by atoms with van der Waals surface area (Å²) in [6.07, 6.45) is 7.67. The number of piperidine rings is 1. The molecule has 2 fully saturated rings. The van der Waals surface area contributed by atoms with Crippen molar-refractivity contribution in [3.8, 4) is 0 Å². The highest BCUT2D eigenvalue weighted by Crippen LogP contribution is 2.23. The third-order valence-electron chi connectivity index (χ3n) is 4.77. The molecule has 1 heterocycles. The van der Waals surface area contributed by atoms with E-state index in [9.17, 15) is 9.90 Å². The molecule has 4 heteroatoms. The lowest BCUT2D eigenvalue weighted by Crippen LogP contribution is -2.42. The van der Waals surface area contributed by atoms with E-state index in [4.69, 9.17) is 0 Å². The largest absolute Gasteiger partial charge is 0.391 e. The van der Waals surface area contributed by atoms with E-state index in [0.717, 1.165) is 30.6 Å². The average molecular weight is 302 g/mol. The zero-order valence-electron chi connectivity index (χ0n) is 13.1. The number of carbonyl (C=O) groups excluding carboxylic acids is 1. The quantitative estimate of drug-likeness (QED) is 0.902. The van der Waals surface area contributed by atoms with Crippen molar-refractivity contribution in [1.82, 2.24) is 4.90 Å². The summed E-state index contributed by atoms with van der Waals surface area (Å²) in [6.45, 7) is 1.20. The molecule has 2 N–H and O–H groups in total. The number of anilines is 1. The predicted molar refractivity (Wildman–Crippen MR) is 88.1 cm³/mol. The van der Waals surface area contributed by atoms with Gasteiger partial charge in [0.1, 0.15) is 0 Å². The molecule has 22 heavy (non-hydrogen) atoms. The van der Waals surface area contributed by atoms with Crippen LogP contribution in [0.2, 0.25) is 0 Å². The number of benzene rings is 1. The van der Waals surface area contributed by atoms with Gasteiger partial charge in [-0.05, 0) is 43.9 Å². The van der Waals surface area contributed by atoms with Crippen molar-refractivity contribution < 1.29 is 9.90 Å². The van der Waals surface area contributed by atoms with Gasteiger partial charge >= 0.3 is 0 Å². The maximum atomic E-state index is 12.6. The van der Waals surface area contributed by atoms with Crippen LogP contribution in [-0.2, 0) is 0 Å². The monoisotopic (exact) mass is 302 g/mol. The molecule has 0 bridgehead atoms. The summed E-state index contributed by atoms with van der Waals surface area (Å²) >= 11 is 0. The Hall–Kier alpha value is -1.55. The normalized spacial score (nSPS) is 23.3. The molecule has 120 valence electrons.